The molecule has 0 amide bonds. The molecule has 0 saturated heterocycles. The van der Waals surface area contributed by atoms with Gasteiger partial charge in [0, 0.05) is 43.7 Å². The topological polar surface area (TPSA) is 75.4 Å². The number of hydrogen-bond donors (Lipinski definition) is 6. The van der Waals surface area contributed by atoms with Gasteiger partial charge in [0.25, 0.3) is 0 Å². The van der Waals surface area contributed by atoms with Crippen LogP contribution in [-0.4, -0.2) is 50.3 Å². The maximum absolute atomic E-state index is 4.16. The van der Waals surface area contributed by atoms with Crippen LogP contribution in [0.3, 0.4) is 0 Å². The predicted molar refractivity (Wildman–Crippen MR) is 187 cm³/mol. The van der Waals surface area contributed by atoms with E-state index >= 15 is 0 Å². The maximum atomic E-state index is 4.16. The molecular weight excluding hydrogens is 567 g/mol. The first-order valence-electron chi connectivity index (χ1n) is 16.1. The molecule has 11 heteroatoms. The summed E-state index contributed by atoms with van der Waals surface area (Å²) in [6, 6.07) is 0. The lowest BCUT2D eigenvalue weighted by molar-refractivity contribution is 0.532. The number of nitrogens with one attached hydrogen (secondary N) is 6. The van der Waals surface area contributed by atoms with E-state index in [-0.39, 0.29) is 24.8 Å². The minimum Gasteiger partial charge on any atom is -0.147 e. The smallest absolute Gasteiger partial charge is 0.147 e. The lowest BCUT2D eigenvalue weighted by Gasteiger charge is -2.41. The van der Waals surface area contributed by atoms with Crippen LogP contribution >= 0.6 is 40.5 Å². The van der Waals surface area contributed by atoms with Crippen LogP contribution < -0.4 is 30.5 Å². The molecule has 240 valence electrons. The number of rotatable bonds is 29. The molecule has 0 unspecified atom stereocenters. The summed E-state index contributed by atoms with van der Waals surface area (Å²) in [5, 5.41) is 25.0. The van der Waals surface area contributed by atoms with E-state index in [0.29, 0.717) is 0 Å². The van der Waals surface area contributed by atoms with Crippen LogP contribution in [0.2, 0.25) is 0 Å². The second-order valence-corrected chi connectivity index (χ2v) is 16.0. The zero-order valence-electron chi connectivity index (χ0n) is 27.0. The Hall–Kier alpha value is 1.16. The van der Waals surface area contributed by atoms with Gasteiger partial charge in [-0.15, -0.1) is 55.3 Å². The molecule has 0 aliphatic carbocycles. The van der Waals surface area contributed by atoms with E-state index < -0.39 is 15.7 Å². The van der Waals surface area contributed by atoms with Crippen molar-refractivity contribution in [2.45, 2.75) is 138 Å². The Morgan fingerprint density at radius 1 is 0.359 bits per heavy atom. The highest BCUT2D eigenvalue weighted by atomic mass is 35.5. The molecule has 0 spiro atoms. The Morgan fingerprint density at radius 3 is 0.744 bits per heavy atom. The molecule has 0 aliphatic rings. The molecule has 0 aromatic heterocycles. The SMILES string of the molecule is CCCCN[P+](NCCCC)(NCCCC)N(CCCC)[P+](NCCCC)(NCCCC)NCCCC.Cl.Cl. The number of halogens is 2. The van der Waals surface area contributed by atoms with Gasteiger partial charge >= 0.3 is 15.7 Å². The fraction of sp³-hybridized carbons (Fsp3) is 1.00. The summed E-state index contributed by atoms with van der Waals surface area (Å²) in [6.07, 6.45) is 16.9. The molecule has 0 rings (SSSR count). The Balaban J connectivity index is -0.00000648. The molecule has 39 heavy (non-hydrogen) atoms. The predicted octanol–water partition coefficient (Wildman–Crippen LogP) is 8.63. The van der Waals surface area contributed by atoms with E-state index in [4.69, 9.17) is 0 Å². The summed E-state index contributed by atoms with van der Waals surface area (Å²) in [7, 11) is -4.09. The number of unbranched alkanes of at least 4 members (excludes halogenated alkanes) is 7. The van der Waals surface area contributed by atoms with Gasteiger partial charge in [0.1, 0.15) is 0 Å². The van der Waals surface area contributed by atoms with E-state index in [1.54, 1.807) is 0 Å². The van der Waals surface area contributed by atoms with Gasteiger partial charge in [0.15, 0.2) is 0 Å². The molecular formula is C28H71Cl2N7P2+2. The zero-order chi connectivity index (χ0) is 27.7. The van der Waals surface area contributed by atoms with Crippen molar-refractivity contribution in [3.8, 4) is 0 Å². The minimum atomic E-state index is -2.05. The van der Waals surface area contributed by atoms with Crippen molar-refractivity contribution < 1.29 is 0 Å². The molecule has 0 atom stereocenters. The van der Waals surface area contributed by atoms with Gasteiger partial charge < -0.3 is 0 Å². The Morgan fingerprint density at radius 2 is 0.564 bits per heavy atom. The van der Waals surface area contributed by atoms with Gasteiger partial charge in [0.2, 0.25) is 0 Å². The van der Waals surface area contributed by atoms with Crippen LogP contribution in [0.4, 0.5) is 0 Å². The van der Waals surface area contributed by atoms with Crippen molar-refractivity contribution in [3.63, 3.8) is 0 Å². The van der Waals surface area contributed by atoms with Crippen LogP contribution in [0.15, 0.2) is 0 Å². The Labute approximate surface area is 259 Å². The first-order chi connectivity index (χ1) is 18.1. The number of nitrogens with zero attached hydrogens (tertiary/aromatic N) is 1. The Kier molecular flexibility index (Phi) is 35.0. The second kappa shape index (κ2) is 30.6. The first-order valence-corrected chi connectivity index (χ1v) is 19.6. The van der Waals surface area contributed by atoms with Crippen molar-refractivity contribution in [2.24, 2.45) is 0 Å². The highest BCUT2D eigenvalue weighted by Gasteiger charge is 2.62. The normalized spacial score (nSPS) is 12.0. The van der Waals surface area contributed by atoms with Crippen molar-refractivity contribution in [2.75, 3.05) is 45.8 Å². The van der Waals surface area contributed by atoms with Crippen molar-refractivity contribution in [1.82, 2.24) is 35.0 Å². The van der Waals surface area contributed by atoms with Gasteiger partial charge in [-0.25, -0.2) is 0 Å². The average molecular weight is 639 g/mol. The van der Waals surface area contributed by atoms with Crippen LogP contribution in [0.5, 0.6) is 0 Å². The maximum Gasteiger partial charge on any atom is 0.339 e. The van der Waals surface area contributed by atoms with Crippen LogP contribution in [0, 0.1) is 0 Å². The average Bonchev–Trinajstić information content (AvgIpc) is 2.89. The van der Waals surface area contributed by atoms with Gasteiger partial charge in [-0.2, -0.15) is 0 Å². The largest absolute Gasteiger partial charge is 0.339 e. The summed E-state index contributed by atoms with van der Waals surface area (Å²) < 4.78 is 2.87. The molecule has 0 heterocycles. The molecule has 0 saturated carbocycles. The molecule has 0 aliphatic heterocycles. The molecule has 7 nitrogen and oxygen atoms in total. The highest BCUT2D eigenvalue weighted by Crippen LogP contribution is 2.67. The second-order valence-electron chi connectivity index (χ2n) is 10.3. The fourth-order valence-electron chi connectivity index (χ4n) is 4.13. The lowest BCUT2D eigenvalue weighted by Crippen LogP contribution is -2.56. The molecule has 0 aromatic rings. The van der Waals surface area contributed by atoms with Gasteiger partial charge in [-0.1, -0.05) is 93.4 Å². The third-order valence-electron chi connectivity index (χ3n) is 6.63. The molecule has 0 aromatic carbocycles. The number of hydrogen-bond acceptors (Lipinski definition) is 7. The third-order valence-corrected chi connectivity index (χ3v) is 14.1. The fourth-order valence-corrected chi connectivity index (χ4v) is 12.3. The lowest BCUT2D eigenvalue weighted by atomic mass is 10.3. The van der Waals surface area contributed by atoms with Gasteiger partial charge in [-0.05, 0) is 44.9 Å². The van der Waals surface area contributed by atoms with Crippen molar-refractivity contribution in [3.05, 3.63) is 0 Å². The first kappa shape index (κ1) is 44.6. The summed E-state index contributed by atoms with van der Waals surface area (Å²) >= 11 is 0. The van der Waals surface area contributed by atoms with Crippen LogP contribution in [0.25, 0.3) is 0 Å². The summed E-state index contributed by atoms with van der Waals surface area (Å²) in [5.41, 5.74) is 0. The molecule has 0 bridgehead atoms. The van der Waals surface area contributed by atoms with Gasteiger partial charge in [0.05, 0.1) is 6.54 Å². The van der Waals surface area contributed by atoms with E-state index in [1.165, 1.54) is 89.9 Å². The monoisotopic (exact) mass is 637 g/mol. The van der Waals surface area contributed by atoms with Crippen LogP contribution in [-0.2, 0) is 0 Å². The molecule has 0 radical (unpaired) electrons. The Bertz CT molecular complexity index is 406. The highest BCUT2D eigenvalue weighted by molar-refractivity contribution is 7.82. The summed E-state index contributed by atoms with van der Waals surface area (Å²) in [4.78, 5) is 0. The van der Waals surface area contributed by atoms with Crippen molar-refractivity contribution in [1.29, 1.82) is 0 Å². The third kappa shape index (κ3) is 19.1. The quantitative estimate of drug-likeness (QED) is 0.0362. The standard InChI is InChI=1S/C28H69N7P2.2ClH/c1-8-15-22-29-36(30-23-16-9-2,31-24-17-10-3)35(28-21-14-7)37(32-25-18-11-4,33-26-19-12-5)34-27-20-13-6;;/h29-34H,8-28H2,1-7H3;2*1H/q+2;;. The van der Waals surface area contributed by atoms with E-state index in [0.717, 1.165) is 45.8 Å². The minimum absolute atomic E-state index is 0. The van der Waals surface area contributed by atoms with Crippen molar-refractivity contribution >= 4 is 40.5 Å². The van der Waals surface area contributed by atoms with E-state index in [1.807, 2.05) is 0 Å². The van der Waals surface area contributed by atoms with E-state index in [9.17, 15) is 0 Å². The summed E-state index contributed by atoms with van der Waals surface area (Å²) in [6.45, 7) is 23.5. The summed E-state index contributed by atoms with van der Waals surface area (Å²) in [5.74, 6) is 0. The van der Waals surface area contributed by atoms with Crippen LogP contribution in [0.1, 0.15) is 138 Å². The zero-order valence-corrected chi connectivity index (χ0v) is 30.4. The van der Waals surface area contributed by atoms with Gasteiger partial charge in [-0.3, -0.25) is 0 Å². The van der Waals surface area contributed by atoms with E-state index in [2.05, 4.69) is 83.4 Å². The molecule has 0 fully saturated rings. The molecule has 6 N–H and O–H groups in total.